The number of aromatic nitrogens is 4. The molecule has 1 aliphatic heterocycles. The summed E-state index contributed by atoms with van der Waals surface area (Å²) in [6.45, 7) is 3.50. The Morgan fingerprint density at radius 3 is 2.68 bits per heavy atom. The van der Waals surface area contributed by atoms with Gasteiger partial charge in [0.05, 0.1) is 35.8 Å². The zero-order valence-corrected chi connectivity index (χ0v) is 20.3. The van der Waals surface area contributed by atoms with Gasteiger partial charge in [-0.1, -0.05) is 36.4 Å². The molecule has 0 saturated heterocycles. The highest BCUT2D eigenvalue weighted by atomic mass is 16.6. The SMILES string of the molecule is COc1ccc([C@@H]2C(C#N)=C(N)Oc3n[nH]c(-c4ccccc4)c32)cc1Cn1nc(C)c([N+](=O)[O-])c1C. The zero-order chi connectivity index (χ0) is 26.3. The summed E-state index contributed by atoms with van der Waals surface area (Å²) in [5, 5.41) is 33.3. The maximum Gasteiger partial charge on any atom is 0.312 e. The number of H-pyrrole nitrogens is 1. The fraction of sp³-hybridized carbons (Fsp3) is 0.192. The number of fused-ring (bicyclic) bond motifs is 1. The van der Waals surface area contributed by atoms with Crippen molar-refractivity contribution in [3.63, 3.8) is 0 Å². The number of aromatic amines is 1. The normalized spacial score (nSPS) is 14.6. The topological polar surface area (TPSA) is 158 Å². The molecule has 37 heavy (non-hydrogen) atoms. The molecule has 0 aliphatic carbocycles. The number of nitrogens with two attached hydrogens (primary N) is 1. The lowest BCUT2D eigenvalue weighted by Gasteiger charge is -2.25. The Morgan fingerprint density at radius 1 is 1.27 bits per heavy atom. The number of nitriles is 1. The largest absolute Gasteiger partial charge is 0.496 e. The van der Waals surface area contributed by atoms with Crippen LogP contribution in [0.2, 0.25) is 0 Å². The fourth-order valence-electron chi connectivity index (χ4n) is 4.77. The minimum Gasteiger partial charge on any atom is -0.496 e. The van der Waals surface area contributed by atoms with Crippen LogP contribution in [0.5, 0.6) is 11.6 Å². The van der Waals surface area contributed by atoms with E-state index in [0.29, 0.717) is 34.3 Å². The van der Waals surface area contributed by atoms with Gasteiger partial charge in [0.2, 0.25) is 11.8 Å². The summed E-state index contributed by atoms with van der Waals surface area (Å²) in [6.07, 6.45) is 0. The van der Waals surface area contributed by atoms with Gasteiger partial charge in [-0.05, 0) is 37.1 Å². The molecule has 0 spiro atoms. The quantitative estimate of drug-likeness (QED) is 0.298. The van der Waals surface area contributed by atoms with E-state index in [1.54, 1.807) is 31.7 Å². The van der Waals surface area contributed by atoms with Gasteiger partial charge in [-0.15, -0.1) is 5.10 Å². The van der Waals surface area contributed by atoms with Crippen molar-refractivity contribution in [2.24, 2.45) is 5.73 Å². The highest BCUT2D eigenvalue weighted by Crippen LogP contribution is 2.46. The average Bonchev–Trinajstić information content (AvgIpc) is 3.43. The Kier molecular flexibility index (Phi) is 5.85. The van der Waals surface area contributed by atoms with Crippen molar-refractivity contribution in [1.29, 1.82) is 5.26 Å². The van der Waals surface area contributed by atoms with Crippen molar-refractivity contribution >= 4 is 5.69 Å². The molecule has 0 radical (unpaired) electrons. The van der Waals surface area contributed by atoms with Gasteiger partial charge in [-0.2, -0.15) is 10.4 Å². The number of rotatable bonds is 6. The van der Waals surface area contributed by atoms with E-state index in [2.05, 4.69) is 21.4 Å². The summed E-state index contributed by atoms with van der Waals surface area (Å²) in [5.41, 5.74) is 10.9. The molecule has 0 saturated carbocycles. The molecule has 5 rings (SSSR count). The van der Waals surface area contributed by atoms with E-state index >= 15 is 0 Å². The van der Waals surface area contributed by atoms with Crippen molar-refractivity contribution in [2.45, 2.75) is 26.3 Å². The minimum atomic E-state index is -0.567. The van der Waals surface area contributed by atoms with E-state index < -0.39 is 10.8 Å². The predicted octanol–water partition coefficient (Wildman–Crippen LogP) is 4.07. The molecule has 0 bridgehead atoms. The van der Waals surface area contributed by atoms with Crippen LogP contribution in [0, 0.1) is 35.3 Å². The number of methoxy groups -OCH3 is 1. The molecule has 3 heterocycles. The van der Waals surface area contributed by atoms with Crippen LogP contribution in [0.1, 0.15) is 34.0 Å². The number of aryl methyl sites for hydroxylation is 1. The number of hydrogen-bond donors (Lipinski definition) is 2. The van der Waals surface area contributed by atoms with Crippen LogP contribution in [0.25, 0.3) is 11.3 Å². The summed E-state index contributed by atoms with van der Waals surface area (Å²) in [4.78, 5) is 11.1. The van der Waals surface area contributed by atoms with Crippen molar-refractivity contribution in [1.82, 2.24) is 20.0 Å². The van der Waals surface area contributed by atoms with E-state index in [9.17, 15) is 15.4 Å². The zero-order valence-electron chi connectivity index (χ0n) is 20.3. The number of nitrogens with one attached hydrogen (secondary N) is 1. The summed E-state index contributed by atoms with van der Waals surface area (Å²) in [6, 6.07) is 17.4. The van der Waals surface area contributed by atoms with Crippen LogP contribution >= 0.6 is 0 Å². The highest BCUT2D eigenvalue weighted by molar-refractivity contribution is 5.71. The Labute approximate surface area is 211 Å². The van der Waals surface area contributed by atoms with Crippen molar-refractivity contribution in [3.8, 4) is 29.0 Å². The van der Waals surface area contributed by atoms with Gasteiger partial charge in [-0.3, -0.25) is 19.9 Å². The number of ether oxygens (including phenoxy) is 2. The highest BCUT2D eigenvalue weighted by Gasteiger charge is 2.36. The van der Waals surface area contributed by atoms with E-state index in [-0.39, 0.29) is 23.7 Å². The molecule has 186 valence electrons. The van der Waals surface area contributed by atoms with Crippen molar-refractivity contribution < 1.29 is 14.4 Å². The smallest absolute Gasteiger partial charge is 0.312 e. The Balaban J connectivity index is 1.65. The van der Waals surface area contributed by atoms with Gasteiger partial charge >= 0.3 is 5.69 Å². The third kappa shape index (κ3) is 3.94. The lowest BCUT2D eigenvalue weighted by atomic mass is 9.82. The molecule has 11 heteroatoms. The summed E-state index contributed by atoms with van der Waals surface area (Å²) in [7, 11) is 1.55. The molecular formula is C26H23N7O4. The number of benzene rings is 2. The van der Waals surface area contributed by atoms with E-state index in [4.69, 9.17) is 15.2 Å². The molecule has 3 N–H and O–H groups in total. The van der Waals surface area contributed by atoms with E-state index in [1.807, 2.05) is 42.5 Å². The third-order valence-corrected chi connectivity index (χ3v) is 6.49. The predicted molar refractivity (Wildman–Crippen MR) is 134 cm³/mol. The first-order valence-corrected chi connectivity index (χ1v) is 11.4. The van der Waals surface area contributed by atoms with Gasteiger partial charge in [0.15, 0.2) is 0 Å². The minimum absolute atomic E-state index is 0.0161. The second kappa shape index (κ2) is 9.16. The first-order valence-electron chi connectivity index (χ1n) is 11.4. The van der Waals surface area contributed by atoms with Crippen molar-refractivity contribution in [2.75, 3.05) is 7.11 Å². The molecule has 1 atom stereocenters. The number of nitro groups is 1. The maximum atomic E-state index is 11.5. The van der Waals surface area contributed by atoms with Gasteiger partial charge < -0.3 is 15.2 Å². The van der Waals surface area contributed by atoms with Crippen LogP contribution in [-0.4, -0.2) is 32.0 Å². The first-order chi connectivity index (χ1) is 17.8. The molecule has 1 aliphatic rings. The second-order valence-electron chi connectivity index (χ2n) is 8.61. The Morgan fingerprint density at radius 2 is 2.03 bits per heavy atom. The van der Waals surface area contributed by atoms with Gasteiger partial charge in [0.25, 0.3) is 0 Å². The molecule has 11 nitrogen and oxygen atoms in total. The van der Waals surface area contributed by atoms with Crippen LogP contribution in [0.4, 0.5) is 5.69 Å². The standard InChI is InChI=1S/C26H23N7O4/c1-14-24(33(34)35)15(2)32(31-14)13-18-11-17(9-10-20(18)36-3)21-19(12-27)25(28)37-26-22(21)23(29-30-26)16-7-5-4-6-8-16/h4-11,21H,13,28H2,1-3H3,(H,29,30)/t21-/m1/s1. The second-order valence-corrected chi connectivity index (χ2v) is 8.61. The number of allylic oxidation sites excluding steroid dienone is 1. The fourth-order valence-corrected chi connectivity index (χ4v) is 4.77. The molecule has 2 aromatic heterocycles. The molecule has 0 amide bonds. The van der Waals surface area contributed by atoms with Crippen LogP contribution in [-0.2, 0) is 6.54 Å². The van der Waals surface area contributed by atoms with Crippen LogP contribution in [0.3, 0.4) is 0 Å². The maximum absolute atomic E-state index is 11.5. The molecular weight excluding hydrogens is 474 g/mol. The van der Waals surface area contributed by atoms with Gasteiger partial charge in [0.1, 0.15) is 28.8 Å². The Hall–Kier alpha value is -5.11. The molecule has 0 unspecified atom stereocenters. The summed E-state index contributed by atoms with van der Waals surface area (Å²) >= 11 is 0. The molecule has 4 aromatic rings. The lowest BCUT2D eigenvalue weighted by molar-refractivity contribution is -0.386. The first kappa shape index (κ1) is 23.6. The van der Waals surface area contributed by atoms with Gasteiger partial charge in [0, 0.05) is 5.56 Å². The Bertz CT molecular complexity index is 1600. The number of nitrogens with zero attached hydrogens (tertiary/aromatic N) is 5. The number of hydrogen-bond acceptors (Lipinski definition) is 8. The third-order valence-electron chi connectivity index (χ3n) is 6.49. The average molecular weight is 498 g/mol. The molecule has 2 aromatic carbocycles. The monoisotopic (exact) mass is 497 g/mol. The van der Waals surface area contributed by atoms with Crippen LogP contribution < -0.4 is 15.2 Å². The summed E-state index contributed by atoms with van der Waals surface area (Å²) < 4.78 is 12.9. The van der Waals surface area contributed by atoms with E-state index in [0.717, 1.165) is 16.7 Å². The van der Waals surface area contributed by atoms with E-state index in [1.165, 1.54) is 0 Å². The molecule has 0 fully saturated rings. The summed E-state index contributed by atoms with van der Waals surface area (Å²) in [5.74, 6) is 0.295. The van der Waals surface area contributed by atoms with Gasteiger partial charge in [-0.25, -0.2) is 0 Å². The van der Waals surface area contributed by atoms with Crippen LogP contribution in [0.15, 0.2) is 60.0 Å². The lowest BCUT2D eigenvalue weighted by Crippen LogP contribution is -2.21. The van der Waals surface area contributed by atoms with Crippen molar-refractivity contribution in [3.05, 3.63) is 98.2 Å².